The SMILES string of the molecule is OC(CC1CC2CC1C1C3C=CC(C3)C21)(C(F)F)C(F)(F)F. The van der Waals surface area contributed by atoms with Crippen molar-refractivity contribution in [3.8, 4) is 0 Å². The fraction of sp³-hybridized carbons (Fsp3) is 0.875. The van der Waals surface area contributed by atoms with Gasteiger partial charge in [-0.25, -0.2) is 8.78 Å². The van der Waals surface area contributed by atoms with Crippen LogP contribution in [0.3, 0.4) is 0 Å². The fourth-order valence-corrected chi connectivity index (χ4v) is 6.12. The third-order valence-corrected chi connectivity index (χ3v) is 6.83. The first-order chi connectivity index (χ1) is 10.2. The first kappa shape index (κ1) is 14.9. The Bertz CT molecular complexity index is 501. The molecule has 4 aliphatic carbocycles. The normalized spacial score (nSPS) is 48.2. The second kappa shape index (κ2) is 4.46. The molecule has 1 N–H and O–H groups in total. The highest BCUT2D eigenvalue weighted by molar-refractivity contribution is 5.21. The molecular weight excluding hydrogens is 303 g/mol. The van der Waals surface area contributed by atoms with Gasteiger partial charge in [0, 0.05) is 0 Å². The number of alkyl halides is 5. The van der Waals surface area contributed by atoms with Gasteiger partial charge in [0.15, 0.2) is 0 Å². The van der Waals surface area contributed by atoms with Gasteiger partial charge in [-0.3, -0.25) is 0 Å². The molecule has 0 amide bonds. The zero-order valence-corrected chi connectivity index (χ0v) is 11.9. The number of rotatable bonds is 3. The maximum atomic E-state index is 12.9. The Morgan fingerprint density at radius 2 is 1.64 bits per heavy atom. The molecule has 124 valence electrons. The lowest BCUT2D eigenvalue weighted by Crippen LogP contribution is -2.53. The van der Waals surface area contributed by atoms with Gasteiger partial charge in [0.2, 0.25) is 5.60 Å². The van der Waals surface area contributed by atoms with Gasteiger partial charge in [0.1, 0.15) is 0 Å². The van der Waals surface area contributed by atoms with E-state index in [0.29, 0.717) is 36.0 Å². The number of fused-ring (bicyclic) bond motifs is 9. The third kappa shape index (κ3) is 1.79. The molecule has 3 saturated carbocycles. The summed E-state index contributed by atoms with van der Waals surface area (Å²) < 4.78 is 64.6. The van der Waals surface area contributed by atoms with Crippen LogP contribution in [0.5, 0.6) is 0 Å². The molecule has 1 nitrogen and oxygen atoms in total. The smallest absolute Gasteiger partial charge is 0.376 e. The van der Waals surface area contributed by atoms with Crippen molar-refractivity contribution in [2.45, 2.75) is 43.9 Å². The van der Waals surface area contributed by atoms with Crippen LogP contribution in [0.4, 0.5) is 22.0 Å². The lowest BCUT2D eigenvalue weighted by atomic mass is 9.67. The van der Waals surface area contributed by atoms with Crippen molar-refractivity contribution in [1.29, 1.82) is 0 Å². The Morgan fingerprint density at radius 1 is 1.00 bits per heavy atom. The molecule has 0 aromatic carbocycles. The van der Waals surface area contributed by atoms with Crippen molar-refractivity contribution in [3.05, 3.63) is 12.2 Å². The molecule has 0 aliphatic heterocycles. The van der Waals surface area contributed by atoms with E-state index in [0.717, 1.165) is 12.8 Å². The van der Waals surface area contributed by atoms with Gasteiger partial charge >= 0.3 is 6.18 Å². The molecule has 4 aliphatic rings. The van der Waals surface area contributed by atoms with Crippen molar-refractivity contribution < 1.29 is 27.1 Å². The molecule has 0 heterocycles. The number of hydrogen-bond donors (Lipinski definition) is 1. The van der Waals surface area contributed by atoms with Crippen LogP contribution in [0.1, 0.15) is 25.7 Å². The summed E-state index contributed by atoms with van der Waals surface area (Å²) in [4.78, 5) is 0. The summed E-state index contributed by atoms with van der Waals surface area (Å²) in [5.74, 6) is 1.86. The quantitative estimate of drug-likeness (QED) is 0.472. The molecule has 0 spiro atoms. The minimum Gasteiger partial charge on any atom is -0.376 e. The van der Waals surface area contributed by atoms with Gasteiger partial charge in [0.25, 0.3) is 6.43 Å². The molecule has 4 rings (SSSR count). The van der Waals surface area contributed by atoms with Crippen LogP contribution in [0.25, 0.3) is 0 Å². The Morgan fingerprint density at radius 3 is 2.23 bits per heavy atom. The number of aliphatic hydroxyl groups is 1. The van der Waals surface area contributed by atoms with Crippen molar-refractivity contribution >= 4 is 0 Å². The summed E-state index contributed by atoms with van der Waals surface area (Å²) in [6, 6.07) is 0. The van der Waals surface area contributed by atoms with Crippen LogP contribution in [0.2, 0.25) is 0 Å². The van der Waals surface area contributed by atoms with Gasteiger partial charge < -0.3 is 5.11 Å². The van der Waals surface area contributed by atoms with Crippen molar-refractivity contribution in [1.82, 2.24) is 0 Å². The minimum absolute atomic E-state index is 0.0718. The van der Waals surface area contributed by atoms with Gasteiger partial charge in [-0.05, 0) is 67.1 Å². The summed E-state index contributed by atoms with van der Waals surface area (Å²) in [7, 11) is 0. The van der Waals surface area contributed by atoms with Gasteiger partial charge in [-0.15, -0.1) is 0 Å². The lowest BCUT2D eigenvalue weighted by Gasteiger charge is -2.40. The van der Waals surface area contributed by atoms with E-state index in [1.165, 1.54) is 0 Å². The molecule has 0 radical (unpaired) electrons. The maximum absolute atomic E-state index is 12.9. The predicted octanol–water partition coefficient (Wildman–Crippen LogP) is 4.03. The molecule has 4 bridgehead atoms. The largest absolute Gasteiger partial charge is 0.422 e. The fourth-order valence-electron chi connectivity index (χ4n) is 6.12. The molecule has 8 unspecified atom stereocenters. The van der Waals surface area contributed by atoms with Gasteiger partial charge in [0.05, 0.1) is 0 Å². The van der Waals surface area contributed by atoms with Crippen LogP contribution in [0, 0.1) is 41.4 Å². The molecule has 8 atom stereocenters. The van der Waals surface area contributed by atoms with E-state index in [1.54, 1.807) is 0 Å². The molecule has 6 heteroatoms. The Kier molecular flexibility index (Phi) is 3.02. The molecular formula is C16H19F5O. The maximum Gasteiger partial charge on any atom is 0.422 e. The second-order valence-corrected chi connectivity index (χ2v) is 7.69. The van der Waals surface area contributed by atoms with E-state index < -0.39 is 30.5 Å². The molecule has 0 aromatic rings. The van der Waals surface area contributed by atoms with Gasteiger partial charge in [-0.1, -0.05) is 12.2 Å². The Hall–Kier alpha value is -0.650. The van der Waals surface area contributed by atoms with Gasteiger partial charge in [-0.2, -0.15) is 13.2 Å². The zero-order chi connectivity index (χ0) is 15.9. The molecule has 3 fully saturated rings. The van der Waals surface area contributed by atoms with Crippen LogP contribution in [-0.2, 0) is 0 Å². The number of halogens is 5. The van der Waals surface area contributed by atoms with E-state index in [4.69, 9.17) is 0 Å². The first-order valence-corrected chi connectivity index (χ1v) is 7.98. The van der Waals surface area contributed by atoms with Crippen LogP contribution in [0.15, 0.2) is 12.2 Å². The van der Waals surface area contributed by atoms with Crippen molar-refractivity contribution in [2.24, 2.45) is 41.4 Å². The minimum atomic E-state index is -5.28. The molecule has 0 saturated heterocycles. The van der Waals surface area contributed by atoms with E-state index >= 15 is 0 Å². The predicted molar refractivity (Wildman–Crippen MR) is 69.0 cm³/mol. The summed E-state index contributed by atoms with van der Waals surface area (Å²) in [5, 5.41) is 9.60. The third-order valence-electron chi connectivity index (χ3n) is 6.83. The van der Waals surface area contributed by atoms with Crippen LogP contribution >= 0.6 is 0 Å². The summed E-state index contributed by atoms with van der Waals surface area (Å²) >= 11 is 0. The highest BCUT2D eigenvalue weighted by atomic mass is 19.4. The Balaban J connectivity index is 1.55. The first-order valence-electron chi connectivity index (χ1n) is 7.98. The van der Waals surface area contributed by atoms with Crippen LogP contribution in [-0.4, -0.2) is 23.3 Å². The average molecular weight is 322 g/mol. The number of allylic oxidation sites excluding steroid dienone is 2. The zero-order valence-electron chi connectivity index (χ0n) is 11.9. The van der Waals surface area contributed by atoms with E-state index in [2.05, 4.69) is 12.2 Å². The summed E-state index contributed by atoms with van der Waals surface area (Å²) in [6.07, 6.45) is -3.04. The number of hydrogen-bond acceptors (Lipinski definition) is 1. The summed E-state index contributed by atoms with van der Waals surface area (Å²) in [6.45, 7) is 0. The standard InChI is InChI=1S/C16H19F5O/c17-14(18)15(22,16(19,20)21)6-10-4-9-5-11(10)13-8-2-1-7(3-8)12(9)13/h1-2,7-14,22H,3-6H2. The van der Waals surface area contributed by atoms with Crippen molar-refractivity contribution in [3.63, 3.8) is 0 Å². The summed E-state index contributed by atoms with van der Waals surface area (Å²) in [5.41, 5.74) is -3.86. The van der Waals surface area contributed by atoms with E-state index in [9.17, 15) is 27.1 Å². The average Bonchev–Trinajstić information content (AvgIpc) is 3.15. The van der Waals surface area contributed by atoms with E-state index in [-0.39, 0.29) is 5.92 Å². The highest BCUT2D eigenvalue weighted by Crippen LogP contribution is 2.68. The second-order valence-electron chi connectivity index (χ2n) is 7.69. The Labute approximate surface area is 125 Å². The molecule has 22 heavy (non-hydrogen) atoms. The highest BCUT2D eigenvalue weighted by Gasteiger charge is 2.66. The lowest BCUT2D eigenvalue weighted by molar-refractivity contribution is -0.305. The molecule has 0 aromatic heterocycles. The van der Waals surface area contributed by atoms with E-state index in [1.807, 2.05) is 0 Å². The van der Waals surface area contributed by atoms with Crippen LogP contribution < -0.4 is 0 Å². The van der Waals surface area contributed by atoms with Crippen molar-refractivity contribution in [2.75, 3.05) is 0 Å². The topological polar surface area (TPSA) is 20.2 Å². The monoisotopic (exact) mass is 322 g/mol.